The molecular weight excluding hydrogens is 1060 g/mol. The Bertz CT molecular complexity index is 3170. The van der Waals surface area contributed by atoms with Gasteiger partial charge in [-0.2, -0.15) is 8.42 Å². The maximum atomic E-state index is 11.1. The number of carboxylic acid groups (broad SMARTS) is 1. The SMILES string of the molecule is CCOC(=O)CC(C)=O.Cc1ccc2c(C(=O)O)cc(=O)oc2c1.Cc1ccc2c(C)cc(=O)oc2c1.Cc1ccc2c(C=O)cc(=O)oc2c1.Cc1cccc(O)c1.O=S(=O)(O)O.O=[Se]=O.[Na+].[O-][Cl+][O-]. The minimum absolute atomic E-state index is 0. The van der Waals surface area contributed by atoms with Crippen molar-refractivity contribution in [3.05, 3.63) is 167 Å². The zero-order valence-electron chi connectivity index (χ0n) is 39.2. The van der Waals surface area contributed by atoms with E-state index in [0.717, 1.165) is 39.3 Å². The molecule has 4 N–H and O–H groups in total. The average Bonchev–Trinajstić information content (AvgIpc) is 3.23. The molecule has 0 unspecified atom stereocenters. The second kappa shape index (κ2) is 35.0. The molecular formula is C46H46ClNaO21SSe. The van der Waals surface area contributed by atoms with Gasteiger partial charge in [0.15, 0.2) is 6.29 Å². The van der Waals surface area contributed by atoms with Gasteiger partial charge in [0.25, 0.3) is 0 Å². The molecule has 25 heteroatoms. The number of carboxylic acids is 1. The van der Waals surface area contributed by atoms with Gasteiger partial charge in [0.1, 0.15) is 34.7 Å². The van der Waals surface area contributed by atoms with Crippen molar-refractivity contribution in [1.29, 1.82) is 0 Å². The monoisotopic (exact) mass is 1100 g/mol. The molecule has 0 fully saturated rings. The van der Waals surface area contributed by atoms with Gasteiger partial charge in [-0.3, -0.25) is 23.5 Å². The number of aldehydes is 1. The second-order valence-electron chi connectivity index (χ2n) is 13.8. The Kier molecular flexibility index (Phi) is 32.9. The van der Waals surface area contributed by atoms with E-state index in [4.69, 9.17) is 58.0 Å². The number of aryl methyl sites for hydroxylation is 5. The summed E-state index contributed by atoms with van der Waals surface area (Å²) in [4.78, 5) is 75.4. The molecule has 0 aliphatic rings. The quantitative estimate of drug-likeness (QED) is 0.0476. The minimum Gasteiger partial charge on any atom is -0.544 e. The topological polar surface area (TPSA) is 363 Å². The fraction of sp³-hybridized carbons (Fsp3) is 0.196. The molecule has 71 heavy (non-hydrogen) atoms. The molecule has 21 nitrogen and oxygen atoms in total. The first-order valence-corrected chi connectivity index (χ1v) is 22.8. The number of hydrogen-bond acceptors (Lipinski definition) is 18. The van der Waals surface area contributed by atoms with E-state index in [1.54, 1.807) is 49.4 Å². The van der Waals surface area contributed by atoms with Crippen LogP contribution in [-0.2, 0) is 32.4 Å². The molecule has 3 heterocycles. The first-order chi connectivity index (χ1) is 32.7. The Hall–Kier alpha value is -6.21. The number of phenols is 1. The number of Topliss-reactive ketones (excluding diaryl/α,β-unsaturated/α-hetero) is 1. The van der Waals surface area contributed by atoms with Crippen LogP contribution in [0.4, 0.5) is 0 Å². The smallest absolute Gasteiger partial charge is 0.544 e. The number of esters is 1. The maximum Gasteiger partial charge on any atom is 1.00 e. The standard InChI is InChI=1S/C11H8O4.C11H8O3.C11H10O2.C7H8O.C6H10O3.ClO2.Na.H2O4S.O2Se/c1-6-2-3-7-8(11(13)14)5-10(12)15-9(7)4-6;1-7-2-3-9-8(6-12)5-11(13)14-10(9)4-7;1-7-3-4-9-8(2)6-11(12)13-10(9)5-7;1-6-3-2-4-7(8)5-6;1-3-9-6(8)4-5(2)7;2-1-3;;1-5(2,3)4;1-3-2/h2-5H,1H3,(H,13,14);2-6H,1H3;3-6H,1-2H3;2-5,8H,1H3;3-4H2,1-2H3;;;(H2,1,2,3,4);/q;;;;;-1;+1;;. The molecule has 0 saturated carbocycles. The fourth-order valence-corrected chi connectivity index (χ4v) is 5.31. The van der Waals surface area contributed by atoms with Crippen LogP contribution < -0.4 is 55.8 Å². The number of rotatable bonds is 5. The van der Waals surface area contributed by atoms with E-state index >= 15 is 0 Å². The van der Waals surface area contributed by atoms with Crippen LogP contribution >= 0.6 is 0 Å². The molecule has 0 saturated heterocycles. The van der Waals surface area contributed by atoms with Crippen LogP contribution in [0, 0.1) is 45.9 Å². The summed E-state index contributed by atoms with van der Waals surface area (Å²) in [5.74, 6) is -1.39. The number of ether oxygens (including phenoxy) is 1. The predicted octanol–water partition coefficient (Wildman–Crippen LogP) is 1.71. The van der Waals surface area contributed by atoms with Crippen LogP contribution in [0.25, 0.3) is 32.9 Å². The minimum atomic E-state index is -4.67. The third-order valence-electron chi connectivity index (χ3n) is 8.00. The number of phenolic OH excluding ortho intramolecular Hbond substituents is 1. The molecule has 7 aromatic rings. The number of carbonyl (C=O) groups is 4. The summed E-state index contributed by atoms with van der Waals surface area (Å²) in [6.45, 7) is 13.0. The van der Waals surface area contributed by atoms with E-state index in [9.17, 15) is 33.6 Å². The second-order valence-corrected chi connectivity index (χ2v) is 15.1. The summed E-state index contributed by atoms with van der Waals surface area (Å²) in [6.07, 6.45) is 0.558. The van der Waals surface area contributed by atoms with E-state index in [0.29, 0.717) is 51.7 Å². The number of aromatic hydroxyl groups is 1. The number of ketones is 1. The maximum absolute atomic E-state index is 11.1. The Morgan fingerprint density at radius 2 is 1.08 bits per heavy atom. The van der Waals surface area contributed by atoms with Crippen molar-refractivity contribution in [1.82, 2.24) is 0 Å². The van der Waals surface area contributed by atoms with Gasteiger partial charge in [-0.25, -0.2) is 19.2 Å². The molecule has 0 spiro atoms. The molecule has 3 aromatic heterocycles. The van der Waals surface area contributed by atoms with Gasteiger partial charge in [-0.1, -0.05) is 48.5 Å². The Balaban J connectivity index is 0. The largest absolute Gasteiger partial charge is 1.00 e. The summed E-state index contributed by atoms with van der Waals surface area (Å²) in [5.41, 5.74) is 5.41. The van der Waals surface area contributed by atoms with Crippen molar-refractivity contribution in [3.63, 3.8) is 0 Å². The molecule has 7 rings (SSSR count). The predicted molar refractivity (Wildman–Crippen MR) is 245 cm³/mol. The van der Waals surface area contributed by atoms with Gasteiger partial charge in [0.05, 0.1) is 23.5 Å². The summed E-state index contributed by atoms with van der Waals surface area (Å²) in [6, 6.07) is 27.1. The van der Waals surface area contributed by atoms with Crippen LogP contribution in [0.3, 0.4) is 0 Å². The van der Waals surface area contributed by atoms with Gasteiger partial charge in [0, 0.05) is 39.9 Å². The third kappa shape index (κ3) is 28.9. The molecule has 4 aromatic carbocycles. The fourth-order valence-electron chi connectivity index (χ4n) is 5.31. The van der Waals surface area contributed by atoms with Crippen LogP contribution in [-0.4, -0.2) is 73.2 Å². The van der Waals surface area contributed by atoms with Crippen molar-refractivity contribution in [2.45, 2.75) is 54.9 Å². The van der Waals surface area contributed by atoms with E-state index in [1.807, 2.05) is 71.0 Å². The molecule has 0 aliphatic heterocycles. The number of halogens is 1. The summed E-state index contributed by atoms with van der Waals surface area (Å²) in [7, 11) is -4.67. The van der Waals surface area contributed by atoms with Gasteiger partial charge >= 0.3 is 91.3 Å². The van der Waals surface area contributed by atoms with E-state index in [2.05, 4.69) is 4.74 Å². The van der Waals surface area contributed by atoms with Crippen LogP contribution in [0.5, 0.6) is 5.75 Å². The Morgan fingerprint density at radius 1 is 0.690 bits per heavy atom. The van der Waals surface area contributed by atoms with Gasteiger partial charge in [0.2, 0.25) is 0 Å². The number of benzene rings is 4. The van der Waals surface area contributed by atoms with Crippen LogP contribution in [0.2, 0.25) is 0 Å². The summed E-state index contributed by atoms with van der Waals surface area (Å²) in [5, 5.41) is 19.8. The molecule has 0 aliphatic carbocycles. The number of fused-ring (bicyclic) bond motifs is 3. The van der Waals surface area contributed by atoms with Crippen molar-refractivity contribution < 1.29 is 123 Å². The average molecular weight is 1100 g/mol. The summed E-state index contributed by atoms with van der Waals surface area (Å²) < 4.78 is 84.4. The first-order valence-electron chi connectivity index (χ1n) is 19.4. The van der Waals surface area contributed by atoms with Crippen molar-refractivity contribution >= 4 is 82.1 Å². The van der Waals surface area contributed by atoms with Crippen LogP contribution in [0.15, 0.2) is 125 Å². The summed E-state index contributed by atoms with van der Waals surface area (Å²) >= 11 is -2.04. The Labute approximate surface area is 436 Å². The van der Waals surface area contributed by atoms with Gasteiger partial charge in [-0.05, 0) is 107 Å². The van der Waals surface area contributed by atoms with Crippen molar-refractivity contribution in [3.8, 4) is 5.75 Å². The number of carbonyl (C=O) groups excluding carboxylic acids is 3. The molecule has 0 amide bonds. The van der Waals surface area contributed by atoms with E-state index in [1.165, 1.54) is 19.1 Å². The Morgan fingerprint density at radius 3 is 1.48 bits per heavy atom. The number of aromatic carboxylic acids is 1. The van der Waals surface area contributed by atoms with E-state index in [-0.39, 0.29) is 53.0 Å². The molecule has 0 atom stereocenters. The molecule has 0 bridgehead atoms. The zero-order chi connectivity index (χ0) is 53.7. The zero-order valence-corrected chi connectivity index (χ0v) is 44.4. The normalized spacial score (nSPS) is 9.56. The van der Waals surface area contributed by atoms with Crippen LogP contribution in [0.1, 0.15) is 68.8 Å². The first kappa shape index (κ1) is 66.9. The van der Waals surface area contributed by atoms with Crippen molar-refractivity contribution in [2.24, 2.45) is 0 Å². The third-order valence-corrected chi connectivity index (χ3v) is 8.00. The van der Waals surface area contributed by atoms with E-state index < -0.39 is 59.7 Å². The molecule has 376 valence electrons. The van der Waals surface area contributed by atoms with Gasteiger partial charge in [-0.15, -0.1) is 0 Å². The molecule has 0 radical (unpaired) electrons. The van der Waals surface area contributed by atoms with Crippen molar-refractivity contribution in [2.75, 3.05) is 6.61 Å². The van der Waals surface area contributed by atoms with Gasteiger partial charge < -0.3 is 37.5 Å². The number of hydrogen-bond donors (Lipinski definition) is 4.